The number of nitrogens with zero attached hydrogens (tertiary/aromatic N) is 1. The van der Waals surface area contributed by atoms with Crippen molar-refractivity contribution < 1.29 is 15.0 Å². The third-order valence-corrected chi connectivity index (χ3v) is 3.68. The van der Waals surface area contributed by atoms with Crippen LogP contribution in [0.2, 0.25) is 0 Å². The fourth-order valence-corrected chi connectivity index (χ4v) is 2.47. The molecule has 2 aromatic carbocycles. The van der Waals surface area contributed by atoms with E-state index in [2.05, 4.69) is 10.3 Å². The van der Waals surface area contributed by atoms with Crippen LogP contribution in [0, 0.1) is 0 Å². The first-order chi connectivity index (χ1) is 11.2. The van der Waals surface area contributed by atoms with Gasteiger partial charge in [-0.25, -0.2) is 0 Å². The molecule has 116 valence electrons. The Morgan fingerprint density at radius 1 is 1.09 bits per heavy atom. The van der Waals surface area contributed by atoms with Gasteiger partial charge in [-0.1, -0.05) is 42.5 Å². The number of hydrogen-bond donors (Lipinski definition) is 3. The van der Waals surface area contributed by atoms with Crippen molar-refractivity contribution in [3.05, 3.63) is 71.9 Å². The molecule has 0 spiro atoms. The molecule has 3 N–H and O–H groups in total. The molecule has 0 radical (unpaired) electrons. The number of rotatable bonds is 4. The van der Waals surface area contributed by atoms with Gasteiger partial charge in [0.15, 0.2) is 5.75 Å². The van der Waals surface area contributed by atoms with Crippen LogP contribution in [0.3, 0.4) is 0 Å². The lowest BCUT2D eigenvalue weighted by Gasteiger charge is -2.17. The number of pyridine rings is 1. The van der Waals surface area contributed by atoms with Gasteiger partial charge in [0.2, 0.25) is 0 Å². The second kappa shape index (κ2) is 6.46. The highest BCUT2D eigenvalue weighted by Gasteiger charge is 2.18. The molecule has 0 saturated heterocycles. The number of aliphatic hydroxyl groups excluding tert-OH is 1. The van der Waals surface area contributed by atoms with Crippen LogP contribution in [0.15, 0.2) is 60.8 Å². The first-order valence-electron chi connectivity index (χ1n) is 7.24. The van der Waals surface area contributed by atoms with Gasteiger partial charge in [0.05, 0.1) is 18.2 Å². The molecular weight excluding hydrogens is 292 g/mol. The number of carbonyl (C=O) groups excluding carboxylic acids is 1. The van der Waals surface area contributed by atoms with Gasteiger partial charge in [-0.15, -0.1) is 0 Å². The van der Waals surface area contributed by atoms with Gasteiger partial charge >= 0.3 is 0 Å². The number of aromatic nitrogens is 1. The van der Waals surface area contributed by atoms with E-state index >= 15 is 0 Å². The first kappa shape index (κ1) is 15.0. The lowest BCUT2D eigenvalue weighted by atomic mass is 10.1. The highest BCUT2D eigenvalue weighted by Crippen LogP contribution is 2.27. The topological polar surface area (TPSA) is 82.5 Å². The molecule has 3 aromatic rings. The Balaban J connectivity index is 1.90. The molecule has 0 unspecified atom stereocenters. The minimum absolute atomic E-state index is 0.130. The van der Waals surface area contributed by atoms with E-state index in [0.29, 0.717) is 5.52 Å². The zero-order valence-corrected chi connectivity index (χ0v) is 12.3. The molecule has 0 aliphatic carbocycles. The molecule has 23 heavy (non-hydrogen) atoms. The predicted molar refractivity (Wildman–Crippen MR) is 87.1 cm³/mol. The first-order valence-corrected chi connectivity index (χ1v) is 7.24. The molecule has 0 aliphatic heterocycles. The number of aromatic hydroxyl groups is 1. The number of benzene rings is 2. The average Bonchev–Trinajstić information content (AvgIpc) is 2.60. The third-order valence-electron chi connectivity index (χ3n) is 3.68. The third kappa shape index (κ3) is 3.00. The molecule has 5 heteroatoms. The standard InChI is InChI=1S/C18H16N2O3/c21-11-15(12-5-2-1-3-6-12)20-18(23)14-9-8-13-7-4-10-19-16(13)17(14)22/h1-10,15,21-22H,11H2,(H,20,23)/t15-/m1/s1. The van der Waals surface area contributed by atoms with Crippen molar-refractivity contribution >= 4 is 16.8 Å². The summed E-state index contributed by atoms with van der Waals surface area (Å²) in [7, 11) is 0. The Labute approximate surface area is 133 Å². The maximum Gasteiger partial charge on any atom is 0.255 e. The molecular formula is C18H16N2O3. The van der Waals surface area contributed by atoms with Crippen LogP contribution >= 0.6 is 0 Å². The monoisotopic (exact) mass is 308 g/mol. The molecule has 1 heterocycles. The van der Waals surface area contributed by atoms with Crippen molar-refractivity contribution in [2.45, 2.75) is 6.04 Å². The number of fused-ring (bicyclic) bond motifs is 1. The lowest BCUT2D eigenvalue weighted by molar-refractivity contribution is 0.0913. The quantitative estimate of drug-likeness (QED) is 0.691. The minimum Gasteiger partial charge on any atom is -0.505 e. The number of amides is 1. The summed E-state index contributed by atoms with van der Waals surface area (Å²) in [4.78, 5) is 16.5. The summed E-state index contributed by atoms with van der Waals surface area (Å²) in [6, 6.07) is 15.5. The van der Waals surface area contributed by atoms with E-state index in [0.717, 1.165) is 10.9 Å². The lowest BCUT2D eigenvalue weighted by Crippen LogP contribution is -2.30. The number of nitrogens with one attached hydrogen (secondary N) is 1. The second-order valence-corrected chi connectivity index (χ2v) is 5.16. The summed E-state index contributed by atoms with van der Waals surface area (Å²) in [6.45, 7) is -0.234. The molecule has 0 bridgehead atoms. The van der Waals surface area contributed by atoms with Crippen LogP contribution in [0.1, 0.15) is 22.0 Å². The van der Waals surface area contributed by atoms with Crippen LogP contribution < -0.4 is 5.32 Å². The van der Waals surface area contributed by atoms with E-state index in [1.165, 1.54) is 0 Å². The van der Waals surface area contributed by atoms with Gasteiger partial charge in [0, 0.05) is 11.6 Å². The fourth-order valence-electron chi connectivity index (χ4n) is 2.47. The molecule has 3 rings (SSSR count). The van der Waals surface area contributed by atoms with Crippen molar-refractivity contribution in [2.24, 2.45) is 0 Å². The van der Waals surface area contributed by atoms with E-state index < -0.39 is 11.9 Å². The molecule has 1 atom stereocenters. The highest BCUT2D eigenvalue weighted by molar-refractivity contribution is 6.02. The molecule has 1 amide bonds. The van der Waals surface area contributed by atoms with Crippen LogP contribution in [-0.4, -0.2) is 27.7 Å². The zero-order valence-electron chi connectivity index (χ0n) is 12.3. The molecule has 0 fully saturated rings. The second-order valence-electron chi connectivity index (χ2n) is 5.16. The summed E-state index contributed by atoms with van der Waals surface area (Å²) < 4.78 is 0. The number of phenols is 1. The predicted octanol–water partition coefficient (Wildman–Crippen LogP) is 2.40. The van der Waals surface area contributed by atoms with Crippen molar-refractivity contribution in [1.82, 2.24) is 10.3 Å². The number of phenolic OH excluding ortho intramolecular Hbond substituents is 1. The number of hydrogen-bond acceptors (Lipinski definition) is 4. The Kier molecular flexibility index (Phi) is 4.21. The Morgan fingerprint density at radius 3 is 2.61 bits per heavy atom. The van der Waals surface area contributed by atoms with Gasteiger partial charge in [-0.2, -0.15) is 0 Å². The van der Waals surface area contributed by atoms with Gasteiger partial charge in [0.1, 0.15) is 5.52 Å². The highest BCUT2D eigenvalue weighted by atomic mass is 16.3. The normalized spacial score (nSPS) is 12.0. The van der Waals surface area contributed by atoms with Crippen LogP contribution in [0.4, 0.5) is 0 Å². The van der Waals surface area contributed by atoms with Crippen molar-refractivity contribution in [3.63, 3.8) is 0 Å². The van der Waals surface area contributed by atoms with E-state index in [4.69, 9.17) is 0 Å². The van der Waals surface area contributed by atoms with Crippen molar-refractivity contribution in [3.8, 4) is 5.75 Å². The van der Waals surface area contributed by atoms with Crippen molar-refractivity contribution in [2.75, 3.05) is 6.61 Å². The van der Waals surface area contributed by atoms with E-state index in [-0.39, 0.29) is 17.9 Å². The zero-order chi connectivity index (χ0) is 16.2. The number of carbonyl (C=O) groups is 1. The summed E-state index contributed by atoms with van der Waals surface area (Å²) in [5, 5.41) is 23.3. The molecule has 1 aromatic heterocycles. The summed E-state index contributed by atoms with van der Waals surface area (Å²) >= 11 is 0. The molecule has 0 aliphatic rings. The van der Waals surface area contributed by atoms with E-state index in [9.17, 15) is 15.0 Å². The summed E-state index contributed by atoms with van der Waals surface area (Å²) in [5.41, 5.74) is 1.30. The molecule has 0 saturated carbocycles. The maximum absolute atomic E-state index is 12.4. The van der Waals surface area contributed by atoms with Gasteiger partial charge < -0.3 is 15.5 Å². The SMILES string of the molecule is O=C(N[C@H](CO)c1ccccc1)c1ccc2cccnc2c1O. The smallest absolute Gasteiger partial charge is 0.255 e. The molecule has 5 nitrogen and oxygen atoms in total. The van der Waals surface area contributed by atoms with Crippen LogP contribution in [0.5, 0.6) is 5.75 Å². The Morgan fingerprint density at radius 2 is 1.87 bits per heavy atom. The van der Waals surface area contributed by atoms with Crippen LogP contribution in [0.25, 0.3) is 10.9 Å². The maximum atomic E-state index is 12.4. The van der Waals surface area contributed by atoms with Gasteiger partial charge in [-0.05, 0) is 17.7 Å². The summed E-state index contributed by atoms with van der Waals surface area (Å²) in [6.07, 6.45) is 1.56. The van der Waals surface area contributed by atoms with Gasteiger partial charge in [-0.3, -0.25) is 9.78 Å². The van der Waals surface area contributed by atoms with E-state index in [1.807, 2.05) is 36.4 Å². The Hall–Kier alpha value is -2.92. The van der Waals surface area contributed by atoms with Gasteiger partial charge in [0.25, 0.3) is 5.91 Å². The largest absolute Gasteiger partial charge is 0.505 e. The van der Waals surface area contributed by atoms with Crippen LogP contribution in [-0.2, 0) is 0 Å². The average molecular weight is 308 g/mol. The fraction of sp³-hybridized carbons (Fsp3) is 0.111. The minimum atomic E-state index is -0.539. The summed E-state index contributed by atoms with van der Waals surface area (Å²) in [5.74, 6) is -0.622. The van der Waals surface area contributed by atoms with E-state index in [1.54, 1.807) is 24.4 Å². The van der Waals surface area contributed by atoms with Crippen molar-refractivity contribution in [1.29, 1.82) is 0 Å². The Bertz CT molecular complexity index is 834. The number of aliphatic hydroxyl groups is 1.